The summed E-state index contributed by atoms with van der Waals surface area (Å²) in [6.07, 6.45) is 7.67. The maximum absolute atomic E-state index is 12.6. The summed E-state index contributed by atoms with van der Waals surface area (Å²) in [5, 5.41) is 4.61. The lowest BCUT2D eigenvalue weighted by atomic mass is 9.91. The number of aromatic nitrogens is 4. The van der Waals surface area contributed by atoms with E-state index in [1.807, 2.05) is 43.5 Å². The van der Waals surface area contributed by atoms with E-state index >= 15 is 0 Å². The smallest absolute Gasteiger partial charge is 0.259 e. The number of H-pyrrole nitrogens is 1. The number of aryl methyl sites for hydroxylation is 1. The van der Waals surface area contributed by atoms with Gasteiger partial charge < -0.3 is 15.2 Å². The second-order valence-electron chi connectivity index (χ2n) is 8.44. The maximum Gasteiger partial charge on any atom is 0.259 e. The number of anilines is 2. The Kier molecular flexibility index (Phi) is 5.41. The fourth-order valence-electron chi connectivity index (χ4n) is 4.38. The van der Waals surface area contributed by atoms with Crippen molar-refractivity contribution in [2.45, 2.75) is 25.7 Å². The van der Waals surface area contributed by atoms with Gasteiger partial charge in [-0.1, -0.05) is 6.07 Å². The Bertz CT molecular complexity index is 1310. The number of nitrogens with one attached hydrogen (secondary N) is 2. The molecule has 5 heterocycles. The molecule has 162 valence electrons. The Balaban J connectivity index is 1.51. The monoisotopic (exact) mass is 426 g/mol. The second kappa shape index (κ2) is 8.51. The third-order valence-electron chi connectivity index (χ3n) is 6.26. The van der Waals surface area contributed by atoms with Crippen LogP contribution in [0.2, 0.25) is 0 Å². The Labute approximate surface area is 186 Å². The van der Waals surface area contributed by atoms with Gasteiger partial charge in [-0.2, -0.15) is 0 Å². The van der Waals surface area contributed by atoms with Crippen LogP contribution in [0.15, 0.2) is 59.8 Å². The highest BCUT2D eigenvalue weighted by molar-refractivity contribution is 5.95. The molecule has 2 N–H and O–H groups in total. The van der Waals surface area contributed by atoms with Crippen molar-refractivity contribution in [3.05, 3.63) is 76.6 Å². The third kappa shape index (κ3) is 3.99. The van der Waals surface area contributed by atoms with E-state index in [1.54, 1.807) is 12.4 Å². The highest BCUT2D eigenvalue weighted by Crippen LogP contribution is 2.30. The van der Waals surface area contributed by atoms with Gasteiger partial charge >= 0.3 is 0 Å². The molecule has 1 saturated heterocycles. The average molecular weight is 427 g/mol. The summed E-state index contributed by atoms with van der Waals surface area (Å²) < 4.78 is 0. The molecule has 0 unspecified atom stereocenters. The van der Waals surface area contributed by atoms with Gasteiger partial charge in [-0.15, -0.1) is 0 Å². The molecule has 1 aliphatic heterocycles. The van der Waals surface area contributed by atoms with Gasteiger partial charge in [0.25, 0.3) is 5.56 Å². The van der Waals surface area contributed by atoms with Crippen LogP contribution < -0.4 is 10.9 Å². The standard InChI is InChI=1S/C25H26N6O/c1-16-20(4-3-10-26-16)21-14-18-7-11-27-25(32)23(18)24(29-21)30-22-6-5-19(15-28-22)17-8-12-31(2)13-9-17/h3-7,10-11,14-15,17H,8-9,12-13H2,1-2H3,(H,27,32)(H,28,29,30). The number of pyridine rings is 4. The van der Waals surface area contributed by atoms with Gasteiger partial charge in [0.2, 0.25) is 0 Å². The summed E-state index contributed by atoms with van der Waals surface area (Å²) in [4.78, 5) is 31.5. The van der Waals surface area contributed by atoms with Crippen LogP contribution in [-0.2, 0) is 0 Å². The molecule has 0 atom stereocenters. The molecular weight excluding hydrogens is 400 g/mol. The summed E-state index contributed by atoms with van der Waals surface area (Å²) in [6.45, 7) is 4.18. The Morgan fingerprint density at radius 1 is 1.12 bits per heavy atom. The number of nitrogens with zero attached hydrogens (tertiary/aromatic N) is 4. The maximum atomic E-state index is 12.6. The topological polar surface area (TPSA) is 86.8 Å². The van der Waals surface area contributed by atoms with Crippen molar-refractivity contribution in [3.8, 4) is 11.3 Å². The number of hydrogen-bond donors (Lipinski definition) is 2. The number of piperidine rings is 1. The van der Waals surface area contributed by atoms with E-state index in [-0.39, 0.29) is 5.56 Å². The van der Waals surface area contributed by atoms with Crippen LogP contribution in [0.3, 0.4) is 0 Å². The number of fused-ring (bicyclic) bond motifs is 1. The normalized spacial score (nSPS) is 15.2. The van der Waals surface area contributed by atoms with Crippen LogP contribution in [0, 0.1) is 6.92 Å². The van der Waals surface area contributed by atoms with Gasteiger partial charge in [0.15, 0.2) is 0 Å². The molecule has 4 aromatic rings. The van der Waals surface area contributed by atoms with Gasteiger partial charge in [0.05, 0.1) is 11.1 Å². The first kappa shape index (κ1) is 20.3. The molecule has 7 nitrogen and oxygen atoms in total. The Morgan fingerprint density at radius 2 is 1.97 bits per heavy atom. The molecule has 1 aliphatic rings. The summed E-state index contributed by atoms with van der Waals surface area (Å²) in [6, 6.07) is 11.8. The summed E-state index contributed by atoms with van der Waals surface area (Å²) in [7, 11) is 2.17. The summed E-state index contributed by atoms with van der Waals surface area (Å²) >= 11 is 0. The predicted molar refractivity (Wildman–Crippen MR) is 127 cm³/mol. The molecule has 1 fully saturated rings. The second-order valence-corrected chi connectivity index (χ2v) is 8.44. The van der Waals surface area contributed by atoms with Gasteiger partial charge in [0, 0.05) is 29.8 Å². The molecule has 32 heavy (non-hydrogen) atoms. The van der Waals surface area contributed by atoms with Crippen molar-refractivity contribution in [2.24, 2.45) is 0 Å². The quantitative estimate of drug-likeness (QED) is 0.508. The lowest BCUT2D eigenvalue weighted by Crippen LogP contribution is -2.29. The molecule has 0 saturated carbocycles. The molecule has 5 rings (SSSR count). The zero-order valence-corrected chi connectivity index (χ0v) is 18.3. The molecule has 4 aromatic heterocycles. The SMILES string of the molecule is Cc1ncccc1-c1cc2cc[nH]c(=O)c2c(Nc2ccc(C3CCN(C)CC3)cn2)n1. The Hall–Kier alpha value is -3.58. The molecule has 0 radical (unpaired) electrons. The number of hydrogen-bond acceptors (Lipinski definition) is 6. The van der Waals surface area contributed by atoms with E-state index in [2.05, 4.69) is 38.3 Å². The fourth-order valence-corrected chi connectivity index (χ4v) is 4.38. The van der Waals surface area contributed by atoms with E-state index in [4.69, 9.17) is 4.98 Å². The number of rotatable bonds is 4. The predicted octanol–water partition coefficient (Wildman–Crippen LogP) is 4.24. The minimum Gasteiger partial charge on any atom is -0.328 e. The Morgan fingerprint density at radius 3 is 2.72 bits per heavy atom. The molecule has 0 amide bonds. The first-order chi connectivity index (χ1) is 15.6. The van der Waals surface area contributed by atoms with Crippen LogP contribution in [0.4, 0.5) is 11.6 Å². The van der Waals surface area contributed by atoms with Gasteiger partial charge in [-0.3, -0.25) is 9.78 Å². The lowest BCUT2D eigenvalue weighted by Gasteiger charge is -2.29. The molecular formula is C25H26N6O. The molecule has 0 bridgehead atoms. The minimum absolute atomic E-state index is 0.185. The summed E-state index contributed by atoms with van der Waals surface area (Å²) in [5.74, 6) is 1.70. The zero-order valence-electron chi connectivity index (χ0n) is 18.3. The first-order valence-electron chi connectivity index (χ1n) is 10.9. The number of likely N-dealkylation sites (tertiary alicyclic amines) is 1. The fraction of sp³-hybridized carbons (Fsp3) is 0.280. The van der Waals surface area contributed by atoms with Crippen molar-refractivity contribution >= 4 is 22.4 Å². The lowest BCUT2D eigenvalue weighted by molar-refractivity contribution is 0.255. The number of aromatic amines is 1. The van der Waals surface area contributed by atoms with E-state index in [0.717, 1.165) is 48.3 Å². The zero-order chi connectivity index (χ0) is 22.1. The van der Waals surface area contributed by atoms with Crippen LogP contribution in [0.25, 0.3) is 22.0 Å². The van der Waals surface area contributed by atoms with E-state index in [1.165, 1.54) is 5.56 Å². The average Bonchev–Trinajstić information content (AvgIpc) is 2.80. The van der Waals surface area contributed by atoms with E-state index in [0.29, 0.717) is 22.9 Å². The first-order valence-corrected chi connectivity index (χ1v) is 10.9. The van der Waals surface area contributed by atoms with Crippen LogP contribution in [0.5, 0.6) is 0 Å². The highest BCUT2D eigenvalue weighted by atomic mass is 16.1. The van der Waals surface area contributed by atoms with Crippen molar-refractivity contribution in [2.75, 3.05) is 25.5 Å². The van der Waals surface area contributed by atoms with Gasteiger partial charge in [-0.05, 0) is 87.1 Å². The minimum atomic E-state index is -0.185. The molecule has 0 aliphatic carbocycles. The highest BCUT2D eigenvalue weighted by Gasteiger charge is 2.19. The summed E-state index contributed by atoms with van der Waals surface area (Å²) in [5.41, 5.74) is 3.66. The van der Waals surface area contributed by atoms with Gasteiger partial charge in [0.1, 0.15) is 11.6 Å². The van der Waals surface area contributed by atoms with Crippen molar-refractivity contribution in [1.82, 2.24) is 24.8 Å². The van der Waals surface area contributed by atoms with Crippen molar-refractivity contribution in [1.29, 1.82) is 0 Å². The van der Waals surface area contributed by atoms with Crippen LogP contribution in [-0.4, -0.2) is 45.0 Å². The molecule has 0 spiro atoms. The van der Waals surface area contributed by atoms with Crippen molar-refractivity contribution in [3.63, 3.8) is 0 Å². The molecule has 7 heteroatoms. The van der Waals surface area contributed by atoms with Crippen molar-refractivity contribution < 1.29 is 0 Å². The largest absolute Gasteiger partial charge is 0.328 e. The van der Waals surface area contributed by atoms with E-state index < -0.39 is 0 Å². The third-order valence-corrected chi connectivity index (χ3v) is 6.26. The molecule has 0 aromatic carbocycles. The van der Waals surface area contributed by atoms with Gasteiger partial charge in [-0.25, -0.2) is 9.97 Å². The van der Waals surface area contributed by atoms with Crippen LogP contribution in [0.1, 0.15) is 30.0 Å². The van der Waals surface area contributed by atoms with Crippen LogP contribution >= 0.6 is 0 Å². The van der Waals surface area contributed by atoms with E-state index in [9.17, 15) is 4.79 Å².